The lowest BCUT2D eigenvalue weighted by molar-refractivity contribution is 0.0946. The largest absolute Gasteiger partial charge is 0.361 e. The maximum atomic E-state index is 13.4. The van der Waals surface area contributed by atoms with Gasteiger partial charge in [0, 0.05) is 48.3 Å². The maximum Gasteiger partial charge on any atom is 0.263 e. The standard InChI is InChI=1S/C25H24ClN5O2S/c1-30-9-11-31(12-10-30)25-28-15-21(34-25)24(33)29-22(16-5-3-2-4-6-16)19-14-27-20-13-17(26)7-8-18(20)23(19)32/h2-8,13-15,22H,9-12H2,1H3,(H,27,32)(H,29,33). The molecule has 0 radical (unpaired) electrons. The molecular formula is C25H24ClN5O2S. The average Bonchev–Trinajstić information content (AvgIpc) is 3.34. The number of hydrogen-bond donors (Lipinski definition) is 2. The summed E-state index contributed by atoms with van der Waals surface area (Å²) in [6.45, 7) is 3.70. The minimum Gasteiger partial charge on any atom is -0.361 e. The Hall–Kier alpha value is -3.20. The molecular weight excluding hydrogens is 470 g/mol. The minimum absolute atomic E-state index is 0.151. The van der Waals surface area contributed by atoms with E-state index in [9.17, 15) is 9.59 Å². The Bertz CT molecular complexity index is 1380. The summed E-state index contributed by atoms with van der Waals surface area (Å²) in [5.74, 6) is -0.262. The fourth-order valence-corrected chi connectivity index (χ4v) is 5.17. The van der Waals surface area contributed by atoms with Crippen LogP contribution in [0.1, 0.15) is 26.8 Å². The lowest BCUT2D eigenvalue weighted by atomic mass is 9.98. The summed E-state index contributed by atoms with van der Waals surface area (Å²) in [5, 5.41) is 4.97. The number of aromatic amines is 1. The molecule has 3 heterocycles. The first-order valence-corrected chi connectivity index (χ1v) is 12.2. The van der Waals surface area contributed by atoms with E-state index in [0.717, 1.165) is 36.9 Å². The number of H-pyrrole nitrogens is 1. The van der Waals surface area contributed by atoms with Crippen molar-refractivity contribution >= 4 is 44.9 Å². The molecule has 174 valence electrons. The van der Waals surface area contributed by atoms with E-state index in [2.05, 4.69) is 32.1 Å². The summed E-state index contributed by atoms with van der Waals surface area (Å²) in [4.78, 5) is 39.3. The maximum absolute atomic E-state index is 13.4. The summed E-state index contributed by atoms with van der Waals surface area (Å²) in [5.41, 5.74) is 1.78. The van der Waals surface area contributed by atoms with Gasteiger partial charge in [-0.25, -0.2) is 4.98 Å². The number of carbonyl (C=O) groups excluding carboxylic acids is 1. The van der Waals surface area contributed by atoms with Gasteiger partial charge >= 0.3 is 0 Å². The Morgan fingerprint density at radius 2 is 1.91 bits per heavy atom. The lowest BCUT2D eigenvalue weighted by Gasteiger charge is -2.32. The topological polar surface area (TPSA) is 81.3 Å². The van der Waals surface area contributed by atoms with E-state index in [1.807, 2.05) is 30.3 Å². The summed E-state index contributed by atoms with van der Waals surface area (Å²) in [6.07, 6.45) is 3.27. The number of halogens is 1. The first-order valence-electron chi connectivity index (χ1n) is 11.1. The molecule has 1 atom stereocenters. The second-order valence-electron chi connectivity index (χ2n) is 8.38. The highest BCUT2D eigenvalue weighted by Crippen LogP contribution is 2.26. The quantitative estimate of drug-likeness (QED) is 0.440. The molecule has 2 aromatic heterocycles. The van der Waals surface area contributed by atoms with Crippen LogP contribution in [0.15, 0.2) is 65.7 Å². The highest BCUT2D eigenvalue weighted by molar-refractivity contribution is 7.17. The number of pyridine rings is 1. The van der Waals surface area contributed by atoms with Gasteiger partial charge in [-0.05, 0) is 30.8 Å². The molecule has 4 aromatic rings. The van der Waals surface area contributed by atoms with Gasteiger partial charge in [-0.1, -0.05) is 53.3 Å². The number of fused-ring (bicyclic) bond motifs is 1. The molecule has 0 aliphatic carbocycles. The van der Waals surface area contributed by atoms with E-state index >= 15 is 0 Å². The van der Waals surface area contributed by atoms with Gasteiger partial charge in [0.25, 0.3) is 5.91 Å². The van der Waals surface area contributed by atoms with Crippen molar-refractivity contribution in [3.63, 3.8) is 0 Å². The zero-order chi connectivity index (χ0) is 23.7. The van der Waals surface area contributed by atoms with Gasteiger partial charge in [0.05, 0.1) is 17.8 Å². The molecule has 34 heavy (non-hydrogen) atoms. The van der Waals surface area contributed by atoms with Crippen molar-refractivity contribution in [1.82, 2.24) is 20.2 Å². The van der Waals surface area contributed by atoms with E-state index in [1.165, 1.54) is 11.3 Å². The van der Waals surface area contributed by atoms with Crippen LogP contribution in [0.5, 0.6) is 0 Å². The van der Waals surface area contributed by atoms with Crippen molar-refractivity contribution in [2.45, 2.75) is 6.04 Å². The average molecular weight is 494 g/mol. The molecule has 7 nitrogen and oxygen atoms in total. The molecule has 2 N–H and O–H groups in total. The molecule has 9 heteroatoms. The van der Waals surface area contributed by atoms with Gasteiger partial charge in [-0.2, -0.15) is 0 Å². The smallest absolute Gasteiger partial charge is 0.263 e. The molecule has 1 aliphatic heterocycles. The Morgan fingerprint density at radius 1 is 1.15 bits per heavy atom. The Balaban J connectivity index is 1.46. The van der Waals surface area contributed by atoms with Crippen molar-refractivity contribution < 1.29 is 4.79 Å². The van der Waals surface area contributed by atoms with Crippen LogP contribution in [0.2, 0.25) is 5.02 Å². The van der Waals surface area contributed by atoms with Crippen LogP contribution in [-0.2, 0) is 0 Å². The zero-order valence-corrected chi connectivity index (χ0v) is 20.2. The van der Waals surface area contributed by atoms with Crippen LogP contribution in [0.25, 0.3) is 10.9 Å². The van der Waals surface area contributed by atoms with Crippen molar-refractivity contribution in [3.05, 3.63) is 92.2 Å². The predicted octanol–water partition coefficient (Wildman–Crippen LogP) is 3.91. The number of thiazole rings is 1. The third-order valence-corrected chi connectivity index (χ3v) is 7.37. The van der Waals surface area contributed by atoms with Crippen LogP contribution < -0.4 is 15.6 Å². The molecule has 1 aliphatic rings. The van der Waals surface area contributed by atoms with Gasteiger partial charge < -0.3 is 20.1 Å². The number of aromatic nitrogens is 2. The van der Waals surface area contributed by atoms with E-state index in [0.29, 0.717) is 26.4 Å². The van der Waals surface area contributed by atoms with Crippen LogP contribution >= 0.6 is 22.9 Å². The van der Waals surface area contributed by atoms with E-state index < -0.39 is 6.04 Å². The SMILES string of the molecule is CN1CCN(c2ncc(C(=O)NC(c3ccccc3)c3c[nH]c4cc(Cl)ccc4c3=O)s2)CC1. The minimum atomic E-state index is -0.619. The number of nitrogens with one attached hydrogen (secondary N) is 2. The number of nitrogens with zero attached hydrogens (tertiary/aromatic N) is 3. The number of piperazine rings is 1. The van der Waals surface area contributed by atoms with Crippen molar-refractivity contribution in [2.75, 3.05) is 38.1 Å². The predicted molar refractivity (Wildman–Crippen MR) is 137 cm³/mol. The number of amides is 1. The molecule has 1 unspecified atom stereocenters. The number of rotatable bonds is 5. The normalized spacial score (nSPS) is 15.4. The summed E-state index contributed by atoms with van der Waals surface area (Å²) < 4.78 is 0. The fourth-order valence-electron chi connectivity index (χ4n) is 4.13. The summed E-state index contributed by atoms with van der Waals surface area (Å²) >= 11 is 7.45. The Kier molecular flexibility index (Phi) is 6.36. The number of benzene rings is 2. The van der Waals surface area contributed by atoms with E-state index in [1.54, 1.807) is 30.6 Å². The van der Waals surface area contributed by atoms with Gasteiger partial charge in [-0.3, -0.25) is 9.59 Å². The second-order valence-corrected chi connectivity index (χ2v) is 9.82. The van der Waals surface area contributed by atoms with Crippen molar-refractivity contribution in [2.24, 2.45) is 0 Å². The highest BCUT2D eigenvalue weighted by Gasteiger charge is 2.24. The van der Waals surface area contributed by atoms with Crippen molar-refractivity contribution in [3.8, 4) is 0 Å². The van der Waals surface area contributed by atoms with Gasteiger partial charge in [-0.15, -0.1) is 0 Å². The summed E-state index contributed by atoms with van der Waals surface area (Å²) in [6, 6.07) is 14.0. The Labute approximate surface area is 206 Å². The number of likely N-dealkylation sites (N-methyl/N-ethyl adjacent to an activating group) is 1. The van der Waals surface area contributed by atoms with E-state index in [4.69, 9.17) is 11.6 Å². The third kappa shape index (κ3) is 4.57. The van der Waals surface area contributed by atoms with Gasteiger partial charge in [0.15, 0.2) is 10.6 Å². The lowest BCUT2D eigenvalue weighted by Crippen LogP contribution is -2.44. The molecule has 0 bridgehead atoms. The number of anilines is 1. The molecule has 0 saturated carbocycles. The van der Waals surface area contributed by atoms with Crippen LogP contribution in [-0.4, -0.2) is 54.0 Å². The highest BCUT2D eigenvalue weighted by atomic mass is 35.5. The number of hydrogen-bond acceptors (Lipinski definition) is 6. The molecule has 0 spiro atoms. The van der Waals surface area contributed by atoms with Gasteiger partial charge in [0.2, 0.25) is 0 Å². The molecule has 1 saturated heterocycles. The van der Waals surface area contributed by atoms with Crippen molar-refractivity contribution in [1.29, 1.82) is 0 Å². The van der Waals surface area contributed by atoms with Gasteiger partial charge in [0.1, 0.15) is 4.88 Å². The monoisotopic (exact) mass is 493 g/mol. The zero-order valence-electron chi connectivity index (χ0n) is 18.6. The first-order chi connectivity index (χ1) is 16.5. The van der Waals surface area contributed by atoms with Crippen LogP contribution in [0.4, 0.5) is 5.13 Å². The second kappa shape index (κ2) is 9.58. The first kappa shape index (κ1) is 22.6. The third-order valence-electron chi connectivity index (χ3n) is 6.08. The van der Waals surface area contributed by atoms with E-state index in [-0.39, 0.29) is 11.3 Å². The fraction of sp³-hybridized carbons (Fsp3) is 0.240. The summed E-state index contributed by atoms with van der Waals surface area (Å²) in [7, 11) is 2.10. The van der Waals surface area contributed by atoms with Crippen LogP contribution in [0, 0.1) is 0 Å². The molecule has 1 fully saturated rings. The van der Waals surface area contributed by atoms with Crippen LogP contribution in [0.3, 0.4) is 0 Å². The molecule has 2 aromatic carbocycles. The Morgan fingerprint density at radius 3 is 2.68 bits per heavy atom. The molecule has 1 amide bonds. The number of carbonyl (C=O) groups is 1. The molecule has 5 rings (SSSR count).